The van der Waals surface area contributed by atoms with Gasteiger partial charge in [-0.15, -0.1) is 0 Å². The summed E-state index contributed by atoms with van der Waals surface area (Å²) in [7, 11) is 0. The monoisotopic (exact) mass is 696 g/mol. The van der Waals surface area contributed by atoms with E-state index in [-0.39, 0.29) is 0 Å². The lowest BCUT2D eigenvalue weighted by molar-refractivity contribution is 1.17. The van der Waals surface area contributed by atoms with Crippen molar-refractivity contribution in [2.45, 2.75) is 13.8 Å². The van der Waals surface area contributed by atoms with Gasteiger partial charge in [-0.1, -0.05) is 83.9 Å². The van der Waals surface area contributed by atoms with Gasteiger partial charge in [-0.25, -0.2) is 9.97 Å². The van der Waals surface area contributed by atoms with E-state index in [1.165, 1.54) is 22.3 Å². The molecule has 4 heterocycles. The SMILES string of the molecule is Cc1ccc(-c2c3ccc(N(c4ccncc4)c4ccccn4)cc3c(-c3ccc(C)cc3)c3ccc(N(c4ccncc4)c4ccccn4)cc23)cc1. The third kappa shape index (κ3) is 6.10. The maximum Gasteiger partial charge on any atom is 0.137 e. The average Bonchev–Trinajstić information content (AvgIpc) is 3.23. The van der Waals surface area contributed by atoms with Crippen LogP contribution in [0.5, 0.6) is 0 Å². The van der Waals surface area contributed by atoms with Crippen molar-refractivity contribution in [3.8, 4) is 22.3 Å². The van der Waals surface area contributed by atoms with E-state index in [9.17, 15) is 0 Å². The molecule has 0 radical (unpaired) electrons. The van der Waals surface area contributed by atoms with Gasteiger partial charge in [-0.2, -0.15) is 0 Å². The summed E-state index contributed by atoms with van der Waals surface area (Å²) >= 11 is 0. The first kappa shape index (κ1) is 32.7. The van der Waals surface area contributed by atoms with Gasteiger partial charge in [0.2, 0.25) is 0 Å². The fourth-order valence-electron chi connectivity index (χ4n) is 7.33. The van der Waals surface area contributed by atoms with Crippen LogP contribution in [0, 0.1) is 13.8 Å². The summed E-state index contributed by atoms with van der Waals surface area (Å²) in [5.74, 6) is 1.66. The lowest BCUT2D eigenvalue weighted by Crippen LogP contribution is -2.12. The molecule has 0 aliphatic rings. The van der Waals surface area contributed by atoms with E-state index < -0.39 is 0 Å². The first-order valence-electron chi connectivity index (χ1n) is 18.0. The molecule has 5 aromatic carbocycles. The molecule has 0 atom stereocenters. The highest BCUT2D eigenvalue weighted by Gasteiger charge is 2.22. The molecule has 0 amide bonds. The van der Waals surface area contributed by atoms with Crippen molar-refractivity contribution in [1.29, 1.82) is 0 Å². The minimum Gasteiger partial charge on any atom is -0.295 e. The van der Waals surface area contributed by atoms with Crippen molar-refractivity contribution < 1.29 is 0 Å². The summed E-state index contributed by atoms with van der Waals surface area (Å²) in [4.78, 5) is 22.6. The van der Waals surface area contributed by atoms with Gasteiger partial charge in [0.05, 0.1) is 11.4 Å². The molecule has 9 aromatic rings. The summed E-state index contributed by atoms with van der Waals surface area (Å²) in [6, 6.07) is 51.5. The summed E-state index contributed by atoms with van der Waals surface area (Å²) in [5, 5.41) is 4.62. The lowest BCUT2D eigenvalue weighted by atomic mass is 9.85. The molecule has 0 saturated carbocycles. The summed E-state index contributed by atoms with van der Waals surface area (Å²) < 4.78 is 0. The van der Waals surface area contributed by atoms with E-state index in [1.807, 2.05) is 97.8 Å². The van der Waals surface area contributed by atoms with Crippen LogP contribution in [0.4, 0.5) is 34.4 Å². The number of nitrogens with zero attached hydrogens (tertiary/aromatic N) is 6. The van der Waals surface area contributed by atoms with Gasteiger partial charge in [-0.3, -0.25) is 19.8 Å². The number of benzene rings is 5. The Balaban J connectivity index is 1.38. The lowest BCUT2D eigenvalue weighted by Gasteiger charge is -2.27. The van der Waals surface area contributed by atoms with E-state index in [0.717, 1.165) is 67.1 Å². The third-order valence-corrected chi connectivity index (χ3v) is 9.88. The molecular formula is C48H36N6. The summed E-state index contributed by atoms with van der Waals surface area (Å²) in [5.41, 5.74) is 11.1. The predicted octanol–water partition coefficient (Wildman–Crippen LogP) is 12.5. The number of hydrogen-bond acceptors (Lipinski definition) is 6. The van der Waals surface area contributed by atoms with Gasteiger partial charge in [0.25, 0.3) is 0 Å². The van der Waals surface area contributed by atoms with Crippen LogP contribution in [0.1, 0.15) is 11.1 Å². The van der Waals surface area contributed by atoms with Crippen LogP contribution in [0.15, 0.2) is 183 Å². The second-order valence-electron chi connectivity index (χ2n) is 13.4. The van der Waals surface area contributed by atoms with E-state index >= 15 is 0 Å². The Bertz CT molecular complexity index is 2430. The van der Waals surface area contributed by atoms with Crippen molar-refractivity contribution in [3.63, 3.8) is 0 Å². The van der Waals surface area contributed by atoms with E-state index in [4.69, 9.17) is 9.97 Å². The molecule has 6 nitrogen and oxygen atoms in total. The molecule has 9 rings (SSSR count). The van der Waals surface area contributed by atoms with Crippen molar-refractivity contribution >= 4 is 55.9 Å². The molecule has 0 spiro atoms. The zero-order chi connectivity index (χ0) is 36.4. The number of aromatic nitrogens is 4. The first-order chi connectivity index (χ1) is 26.6. The molecule has 0 unspecified atom stereocenters. The molecule has 258 valence electrons. The molecule has 0 bridgehead atoms. The molecule has 0 aliphatic carbocycles. The number of anilines is 6. The number of hydrogen-bond donors (Lipinski definition) is 0. The van der Waals surface area contributed by atoms with E-state index in [0.29, 0.717) is 0 Å². The predicted molar refractivity (Wildman–Crippen MR) is 222 cm³/mol. The van der Waals surface area contributed by atoms with Gasteiger partial charge in [0, 0.05) is 48.6 Å². The fourth-order valence-corrected chi connectivity index (χ4v) is 7.33. The Morgan fingerprint density at radius 1 is 0.352 bits per heavy atom. The van der Waals surface area contributed by atoms with Crippen LogP contribution in [0.3, 0.4) is 0 Å². The second kappa shape index (κ2) is 14.1. The van der Waals surface area contributed by atoms with Gasteiger partial charge in [0.1, 0.15) is 11.6 Å². The Kier molecular flexibility index (Phi) is 8.54. The van der Waals surface area contributed by atoms with Gasteiger partial charge >= 0.3 is 0 Å². The number of fused-ring (bicyclic) bond motifs is 2. The Hall–Kier alpha value is -7.18. The zero-order valence-corrected chi connectivity index (χ0v) is 30.0. The normalized spacial score (nSPS) is 11.1. The highest BCUT2D eigenvalue weighted by atomic mass is 15.2. The quantitative estimate of drug-likeness (QED) is 0.147. The summed E-state index contributed by atoms with van der Waals surface area (Å²) in [6.45, 7) is 4.27. The van der Waals surface area contributed by atoms with Gasteiger partial charge in [0.15, 0.2) is 0 Å². The largest absolute Gasteiger partial charge is 0.295 e. The maximum atomic E-state index is 4.79. The fraction of sp³-hybridized carbons (Fsp3) is 0.0417. The van der Waals surface area contributed by atoms with Crippen molar-refractivity contribution in [1.82, 2.24) is 19.9 Å². The highest BCUT2D eigenvalue weighted by Crippen LogP contribution is 2.48. The van der Waals surface area contributed by atoms with Crippen LogP contribution >= 0.6 is 0 Å². The molecule has 0 fully saturated rings. The number of pyridine rings is 4. The molecule has 0 saturated heterocycles. The highest BCUT2D eigenvalue weighted by molar-refractivity contribution is 6.22. The van der Waals surface area contributed by atoms with Crippen LogP contribution < -0.4 is 9.80 Å². The molecule has 54 heavy (non-hydrogen) atoms. The molecule has 0 aliphatic heterocycles. The Morgan fingerprint density at radius 2 is 0.759 bits per heavy atom. The topological polar surface area (TPSA) is 58.0 Å². The smallest absolute Gasteiger partial charge is 0.137 e. The summed E-state index contributed by atoms with van der Waals surface area (Å²) in [6.07, 6.45) is 11.0. The van der Waals surface area contributed by atoms with Crippen LogP contribution in [0.25, 0.3) is 43.8 Å². The van der Waals surface area contributed by atoms with Crippen LogP contribution in [-0.4, -0.2) is 19.9 Å². The average molecular weight is 697 g/mol. The van der Waals surface area contributed by atoms with E-state index in [2.05, 4.69) is 119 Å². The third-order valence-electron chi connectivity index (χ3n) is 9.88. The second-order valence-corrected chi connectivity index (χ2v) is 13.4. The molecule has 0 N–H and O–H groups in total. The molecular weight excluding hydrogens is 661 g/mol. The Morgan fingerprint density at radius 3 is 1.13 bits per heavy atom. The van der Waals surface area contributed by atoms with E-state index in [1.54, 1.807) is 0 Å². The zero-order valence-electron chi connectivity index (χ0n) is 30.0. The van der Waals surface area contributed by atoms with Crippen molar-refractivity contribution in [2.24, 2.45) is 0 Å². The van der Waals surface area contributed by atoms with Crippen molar-refractivity contribution in [3.05, 3.63) is 194 Å². The minimum absolute atomic E-state index is 0.829. The van der Waals surface area contributed by atoms with Gasteiger partial charge in [-0.05, 0) is 130 Å². The first-order valence-corrected chi connectivity index (χ1v) is 18.0. The minimum atomic E-state index is 0.829. The maximum absolute atomic E-state index is 4.79. The van der Waals surface area contributed by atoms with Crippen molar-refractivity contribution in [2.75, 3.05) is 9.80 Å². The number of aryl methyl sites for hydroxylation is 2. The molecule has 6 heteroatoms. The standard InChI is InChI=1S/C48H36N6/c1-33-9-13-35(14-10-33)47-41-19-17-40(54(38-23-29-50-30-24-38)46-8-4-6-26-52-46)32-44(41)48(36-15-11-34(2)12-16-36)42-20-18-39(31-43(42)47)53(37-21-27-49-28-22-37)45-7-3-5-25-51-45/h3-32H,1-2H3. The van der Waals surface area contributed by atoms with Crippen LogP contribution in [0.2, 0.25) is 0 Å². The Labute approximate surface area is 314 Å². The number of rotatable bonds is 8. The van der Waals surface area contributed by atoms with Crippen LogP contribution in [-0.2, 0) is 0 Å². The van der Waals surface area contributed by atoms with Gasteiger partial charge < -0.3 is 0 Å². The molecule has 4 aromatic heterocycles.